The van der Waals surface area contributed by atoms with Crippen molar-refractivity contribution in [3.05, 3.63) is 70.3 Å². The van der Waals surface area contributed by atoms with E-state index < -0.39 is 10.8 Å². The molecule has 0 saturated carbocycles. The first-order chi connectivity index (χ1) is 10.2. The van der Waals surface area contributed by atoms with E-state index in [0.29, 0.717) is 6.54 Å². The number of hydrogen-bond donors (Lipinski definition) is 1. The topological polar surface area (TPSA) is 98.0 Å². The summed E-state index contributed by atoms with van der Waals surface area (Å²) in [5, 5.41) is 13.1. The van der Waals surface area contributed by atoms with Gasteiger partial charge in [0.05, 0.1) is 10.6 Å². The van der Waals surface area contributed by atoms with Gasteiger partial charge in [0.15, 0.2) is 0 Å². The quantitative estimate of drug-likeness (QED) is 0.667. The molecule has 2 heterocycles. The second-order valence-electron chi connectivity index (χ2n) is 4.03. The molecule has 2 aromatic rings. The summed E-state index contributed by atoms with van der Waals surface area (Å²) < 4.78 is 0. The van der Waals surface area contributed by atoms with Gasteiger partial charge in [-0.3, -0.25) is 19.9 Å². The van der Waals surface area contributed by atoms with Crippen LogP contribution in [0, 0.1) is 10.1 Å². The lowest BCUT2D eigenvalue weighted by molar-refractivity contribution is -0.385. The summed E-state index contributed by atoms with van der Waals surface area (Å²) in [5.41, 5.74) is 0.772. The monoisotopic (exact) mass is 284 g/mol. The number of pyridine rings is 2. The molecule has 0 unspecified atom stereocenters. The molecule has 0 aliphatic carbocycles. The fourth-order valence-electron chi connectivity index (χ4n) is 1.52. The highest BCUT2D eigenvalue weighted by Crippen LogP contribution is 2.08. The Morgan fingerprint density at radius 3 is 2.76 bits per heavy atom. The molecule has 0 spiro atoms. The Morgan fingerprint density at radius 2 is 2.14 bits per heavy atom. The second-order valence-corrected chi connectivity index (χ2v) is 4.03. The first-order valence-corrected chi connectivity index (χ1v) is 6.13. The molecule has 1 amide bonds. The van der Waals surface area contributed by atoms with Gasteiger partial charge in [-0.2, -0.15) is 0 Å². The maximum Gasteiger partial charge on any atom is 0.287 e. The zero-order chi connectivity index (χ0) is 15.1. The summed E-state index contributed by atoms with van der Waals surface area (Å²) in [7, 11) is 0. The zero-order valence-electron chi connectivity index (χ0n) is 11.0. The van der Waals surface area contributed by atoms with Gasteiger partial charge in [0.1, 0.15) is 11.9 Å². The van der Waals surface area contributed by atoms with Crippen LogP contribution < -0.4 is 5.32 Å². The van der Waals surface area contributed by atoms with Gasteiger partial charge in [0.25, 0.3) is 11.6 Å². The summed E-state index contributed by atoms with van der Waals surface area (Å²) >= 11 is 0. The standard InChI is InChI=1S/C14H12N4O3/c19-14(13-7-6-12(10-17-13)18(20)21)16-9-3-5-11-4-1-2-8-15-11/h1-8,10H,9H2,(H,16,19)/b5-3+. The molecule has 0 aliphatic rings. The lowest BCUT2D eigenvalue weighted by atomic mass is 10.3. The van der Waals surface area contributed by atoms with Gasteiger partial charge in [-0.1, -0.05) is 12.1 Å². The average Bonchev–Trinajstić information content (AvgIpc) is 2.52. The Morgan fingerprint density at radius 1 is 1.29 bits per heavy atom. The number of carbonyl (C=O) groups excluding carboxylic acids is 1. The molecule has 106 valence electrons. The van der Waals surface area contributed by atoms with Crippen LogP contribution in [0.5, 0.6) is 0 Å². The van der Waals surface area contributed by atoms with E-state index in [0.717, 1.165) is 11.9 Å². The number of hydrogen-bond acceptors (Lipinski definition) is 5. The molecule has 1 N–H and O–H groups in total. The minimum atomic E-state index is -0.565. The van der Waals surface area contributed by atoms with Crippen molar-refractivity contribution in [2.24, 2.45) is 0 Å². The molecule has 0 fully saturated rings. The van der Waals surface area contributed by atoms with Gasteiger partial charge in [-0.05, 0) is 24.3 Å². The third-order valence-electron chi connectivity index (χ3n) is 2.55. The van der Waals surface area contributed by atoms with E-state index in [4.69, 9.17) is 0 Å². The molecule has 0 atom stereocenters. The molecule has 7 heteroatoms. The fraction of sp³-hybridized carbons (Fsp3) is 0.0714. The minimum Gasteiger partial charge on any atom is -0.347 e. The summed E-state index contributed by atoms with van der Waals surface area (Å²) in [5.74, 6) is -0.393. The van der Waals surface area contributed by atoms with Gasteiger partial charge in [-0.15, -0.1) is 0 Å². The van der Waals surface area contributed by atoms with Crippen LogP contribution in [0.4, 0.5) is 5.69 Å². The molecule has 0 radical (unpaired) electrons. The number of amides is 1. The van der Waals surface area contributed by atoms with Crippen LogP contribution in [0.25, 0.3) is 6.08 Å². The molecular weight excluding hydrogens is 272 g/mol. The number of nitro groups is 1. The van der Waals surface area contributed by atoms with Gasteiger partial charge in [0.2, 0.25) is 0 Å². The number of nitrogens with one attached hydrogen (secondary N) is 1. The summed E-state index contributed by atoms with van der Waals surface area (Å²) in [6.07, 6.45) is 6.27. The molecule has 0 aliphatic heterocycles. The van der Waals surface area contributed by atoms with Crippen LogP contribution in [-0.2, 0) is 0 Å². The number of rotatable bonds is 5. The normalized spacial score (nSPS) is 10.5. The van der Waals surface area contributed by atoms with E-state index in [1.54, 1.807) is 18.3 Å². The largest absolute Gasteiger partial charge is 0.347 e. The Labute approximate surface area is 120 Å². The van der Waals surface area contributed by atoms with E-state index in [1.807, 2.05) is 18.2 Å². The summed E-state index contributed by atoms with van der Waals surface area (Å²) in [6, 6.07) is 8.09. The third-order valence-corrected chi connectivity index (χ3v) is 2.55. The molecule has 7 nitrogen and oxygen atoms in total. The Bertz CT molecular complexity index is 654. The first kappa shape index (κ1) is 14.3. The van der Waals surface area contributed by atoms with Crippen LogP contribution in [0.1, 0.15) is 16.2 Å². The summed E-state index contributed by atoms with van der Waals surface area (Å²) in [4.78, 5) is 29.5. The highest BCUT2D eigenvalue weighted by molar-refractivity contribution is 5.92. The molecule has 2 rings (SSSR count). The van der Waals surface area contributed by atoms with Crippen molar-refractivity contribution < 1.29 is 9.72 Å². The highest BCUT2D eigenvalue weighted by Gasteiger charge is 2.09. The van der Waals surface area contributed by atoms with Crippen LogP contribution in [0.3, 0.4) is 0 Å². The average molecular weight is 284 g/mol. The SMILES string of the molecule is O=C(NC/C=C/c1ccccn1)c1ccc([N+](=O)[O-])cn1. The van der Waals surface area contributed by atoms with Crippen LogP contribution >= 0.6 is 0 Å². The van der Waals surface area contributed by atoms with Crippen molar-refractivity contribution in [1.82, 2.24) is 15.3 Å². The van der Waals surface area contributed by atoms with E-state index >= 15 is 0 Å². The Balaban J connectivity index is 1.87. The minimum absolute atomic E-state index is 0.131. The van der Waals surface area contributed by atoms with E-state index in [1.165, 1.54) is 12.1 Å². The van der Waals surface area contributed by atoms with E-state index in [-0.39, 0.29) is 11.4 Å². The third kappa shape index (κ3) is 4.20. The van der Waals surface area contributed by atoms with Crippen molar-refractivity contribution in [2.75, 3.05) is 6.54 Å². The first-order valence-electron chi connectivity index (χ1n) is 6.13. The maximum atomic E-state index is 11.7. The number of nitrogens with zero attached hydrogens (tertiary/aromatic N) is 3. The lowest BCUT2D eigenvalue weighted by Crippen LogP contribution is -2.24. The van der Waals surface area contributed by atoms with Crippen LogP contribution in [-0.4, -0.2) is 27.3 Å². The van der Waals surface area contributed by atoms with Gasteiger partial charge in [-0.25, -0.2) is 4.98 Å². The second kappa shape index (κ2) is 6.90. The molecular formula is C14H12N4O3. The van der Waals surface area contributed by atoms with Crippen molar-refractivity contribution in [1.29, 1.82) is 0 Å². The van der Waals surface area contributed by atoms with Gasteiger partial charge < -0.3 is 5.32 Å². The van der Waals surface area contributed by atoms with E-state index in [2.05, 4.69) is 15.3 Å². The molecule has 21 heavy (non-hydrogen) atoms. The smallest absolute Gasteiger partial charge is 0.287 e. The predicted octanol–water partition coefficient (Wildman–Crippen LogP) is 1.83. The van der Waals surface area contributed by atoms with Gasteiger partial charge >= 0.3 is 0 Å². The number of carbonyl (C=O) groups is 1. The Hall–Kier alpha value is -3.09. The van der Waals surface area contributed by atoms with Crippen molar-refractivity contribution in [3.63, 3.8) is 0 Å². The van der Waals surface area contributed by atoms with Crippen molar-refractivity contribution in [3.8, 4) is 0 Å². The van der Waals surface area contributed by atoms with Crippen LogP contribution in [0.2, 0.25) is 0 Å². The van der Waals surface area contributed by atoms with Crippen LogP contribution in [0.15, 0.2) is 48.8 Å². The highest BCUT2D eigenvalue weighted by atomic mass is 16.6. The summed E-state index contributed by atoms with van der Waals surface area (Å²) in [6.45, 7) is 0.314. The molecule has 2 aromatic heterocycles. The zero-order valence-corrected chi connectivity index (χ0v) is 11.0. The maximum absolute atomic E-state index is 11.7. The van der Waals surface area contributed by atoms with Gasteiger partial charge in [0, 0.05) is 18.8 Å². The molecule has 0 aromatic carbocycles. The van der Waals surface area contributed by atoms with Crippen molar-refractivity contribution in [2.45, 2.75) is 0 Å². The van der Waals surface area contributed by atoms with E-state index in [9.17, 15) is 14.9 Å². The molecule has 0 bridgehead atoms. The Kier molecular flexibility index (Phi) is 4.70. The van der Waals surface area contributed by atoms with Crippen molar-refractivity contribution >= 4 is 17.7 Å². The molecule has 0 saturated heterocycles. The fourth-order valence-corrected chi connectivity index (χ4v) is 1.52. The number of aromatic nitrogens is 2. The predicted molar refractivity (Wildman–Crippen MR) is 76.5 cm³/mol. The lowest BCUT2D eigenvalue weighted by Gasteiger charge is -2.01.